The minimum absolute atomic E-state index is 0.0416. The predicted molar refractivity (Wildman–Crippen MR) is 72.2 cm³/mol. The van der Waals surface area contributed by atoms with E-state index in [1.54, 1.807) is 20.8 Å². The van der Waals surface area contributed by atoms with E-state index in [0.29, 0.717) is 23.6 Å². The zero-order valence-corrected chi connectivity index (χ0v) is 12.0. The summed E-state index contributed by atoms with van der Waals surface area (Å²) in [5.74, 6) is 0.418. The summed E-state index contributed by atoms with van der Waals surface area (Å²) < 4.78 is 24.8. The molecule has 2 N–H and O–H groups in total. The van der Waals surface area contributed by atoms with E-state index >= 15 is 0 Å². The number of anilines is 1. The quantitative estimate of drug-likeness (QED) is 0.728. The van der Waals surface area contributed by atoms with Gasteiger partial charge in [0.15, 0.2) is 5.82 Å². The molecule has 0 amide bonds. The number of nitrogens with zero attached hydrogens (tertiary/aromatic N) is 3. The Balaban J connectivity index is 2.65. The highest BCUT2D eigenvalue weighted by Crippen LogP contribution is 2.16. The van der Waals surface area contributed by atoms with Crippen LogP contribution in [-0.2, 0) is 10.0 Å². The normalized spacial score (nSPS) is 11.1. The lowest BCUT2D eigenvalue weighted by Gasteiger charge is -2.09. The van der Waals surface area contributed by atoms with Crippen LogP contribution in [0, 0.1) is 25.2 Å². The first-order chi connectivity index (χ1) is 8.91. The molecule has 0 aliphatic carbocycles. The molecule has 0 saturated heterocycles. The molecule has 1 heterocycles. The van der Waals surface area contributed by atoms with Crippen molar-refractivity contribution in [2.75, 3.05) is 24.2 Å². The number of aromatic nitrogens is 2. The zero-order chi connectivity index (χ0) is 14.5. The van der Waals surface area contributed by atoms with Crippen molar-refractivity contribution in [3.05, 3.63) is 16.8 Å². The Morgan fingerprint density at radius 1 is 1.26 bits per heavy atom. The number of aryl methyl sites for hydroxylation is 1. The molecule has 0 spiro atoms. The summed E-state index contributed by atoms with van der Waals surface area (Å²) in [7, 11) is -3.20. The molecule has 0 radical (unpaired) electrons. The summed E-state index contributed by atoms with van der Waals surface area (Å²) in [5, 5.41) is 19.8. The molecule has 0 unspecified atom stereocenters. The van der Waals surface area contributed by atoms with E-state index in [0.717, 1.165) is 5.56 Å². The van der Waals surface area contributed by atoms with Gasteiger partial charge in [-0.15, -0.1) is 5.10 Å². The third kappa shape index (κ3) is 4.15. The van der Waals surface area contributed by atoms with Gasteiger partial charge in [0.2, 0.25) is 10.0 Å². The number of sulfonamides is 1. The molecular weight excluding hydrogens is 266 g/mol. The van der Waals surface area contributed by atoms with Crippen molar-refractivity contribution in [3.63, 3.8) is 0 Å². The van der Waals surface area contributed by atoms with E-state index in [4.69, 9.17) is 5.26 Å². The second kappa shape index (κ2) is 6.45. The smallest absolute Gasteiger partial charge is 0.211 e. The Morgan fingerprint density at radius 3 is 2.53 bits per heavy atom. The highest BCUT2D eigenvalue weighted by atomic mass is 32.2. The van der Waals surface area contributed by atoms with Gasteiger partial charge in [-0.1, -0.05) is 0 Å². The van der Waals surface area contributed by atoms with Gasteiger partial charge in [-0.05, 0) is 26.3 Å². The van der Waals surface area contributed by atoms with Crippen molar-refractivity contribution in [1.29, 1.82) is 5.26 Å². The Hall–Kier alpha value is -1.72. The predicted octanol–water partition coefficient (Wildman–Crippen LogP) is 0.316. The number of nitriles is 1. The van der Waals surface area contributed by atoms with Gasteiger partial charge in [-0.3, -0.25) is 0 Å². The van der Waals surface area contributed by atoms with Gasteiger partial charge < -0.3 is 5.32 Å². The molecule has 0 aliphatic heterocycles. The number of nitrogens with one attached hydrogen (secondary N) is 2. The SMILES string of the molecule is CCS(=O)(=O)NCCNc1nnc(C)c(C)c1C#N. The lowest BCUT2D eigenvalue weighted by Crippen LogP contribution is -2.30. The molecule has 8 heteroatoms. The molecule has 1 aromatic rings. The first-order valence-corrected chi connectivity index (χ1v) is 7.51. The summed E-state index contributed by atoms with van der Waals surface area (Å²) in [6.07, 6.45) is 0. The lowest BCUT2D eigenvalue weighted by molar-refractivity contribution is 0.584. The summed E-state index contributed by atoms with van der Waals surface area (Å²) >= 11 is 0. The van der Waals surface area contributed by atoms with E-state index in [1.807, 2.05) is 0 Å². The topological polar surface area (TPSA) is 108 Å². The number of hydrogen-bond donors (Lipinski definition) is 2. The number of rotatable bonds is 6. The zero-order valence-electron chi connectivity index (χ0n) is 11.2. The highest BCUT2D eigenvalue weighted by molar-refractivity contribution is 7.89. The number of hydrogen-bond acceptors (Lipinski definition) is 6. The van der Waals surface area contributed by atoms with Crippen molar-refractivity contribution in [2.24, 2.45) is 0 Å². The van der Waals surface area contributed by atoms with Crippen LogP contribution in [0.15, 0.2) is 0 Å². The minimum Gasteiger partial charge on any atom is -0.366 e. The average molecular weight is 283 g/mol. The van der Waals surface area contributed by atoms with Gasteiger partial charge in [-0.25, -0.2) is 13.1 Å². The third-order valence-corrected chi connectivity index (χ3v) is 4.09. The first kappa shape index (κ1) is 15.3. The van der Waals surface area contributed by atoms with Gasteiger partial charge in [0.05, 0.1) is 11.4 Å². The van der Waals surface area contributed by atoms with Crippen LogP contribution in [-0.4, -0.2) is 37.5 Å². The van der Waals surface area contributed by atoms with Crippen LogP contribution in [0.1, 0.15) is 23.7 Å². The second-order valence-electron chi connectivity index (χ2n) is 3.97. The van der Waals surface area contributed by atoms with Gasteiger partial charge in [-0.2, -0.15) is 10.4 Å². The fourth-order valence-corrected chi connectivity index (χ4v) is 1.98. The van der Waals surface area contributed by atoms with Crippen molar-refractivity contribution >= 4 is 15.8 Å². The van der Waals surface area contributed by atoms with E-state index in [2.05, 4.69) is 26.3 Å². The van der Waals surface area contributed by atoms with Gasteiger partial charge in [0, 0.05) is 13.1 Å². The summed E-state index contributed by atoms with van der Waals surface area (Å²) in [5.41, 5.74) is 1.91. The summed E-state index contributed by atoms with van der Waals surface area (Å²) in [6, 6.07) is 2.07. The van der Waals surface area contributed by atoms with Crippen LogP contribution >= 0.6 is 0 Å². The standard InChI is InChI=1S/C11H17N5O2S/c1-4-19(17,18)14-6-5-13-11-10(7-12)8(2)9(3)15-16-11/h14H,4-6H2,1-3H3,(H,13,16). The molecule has 0 aliphatic rings. The summed E-state index contributed by atoms with van der Waals surface area (Å²) in [4.78, 5) is 0. The first-order valence-electron chi connectivity index (χ1n) is 5.86. The molecule has 1 aromatic heterocycles. The van der Waals surface area contributed by atoms with E-state index < -0.39 is 10.0 Å². The molecule has 0 saturated carbocycles. The fraction of sp³-hybridized carbons (Fsp3) is 0.545. The van der Waals surface area contributed by atoms with Crippen molar-refractivity contribution in [2.45, 2.75) is 20.8 Å². The monoisotopic (exact) mass is 283 g/mol. The van der Waals surface area contributed by atoms with E-state index in [-0.39, 0.29) is 12.3 Å². The molecule has 0 bridgehead atoms. The molecule has 104 valence electrons. The Labute approximate surface area is 113 Å². The average Bonchev–Trinajstić information content (AvgIpc) is 2.39. The Morgan fingerprint density at radius 2 is 1.95 bits per heavy atom. The molecule has 7 nitrogen and oxygen atoms in total. The second-order valence-corrected chi connectivity index (χ2v) is 6.07. The molecule has 0 fully saturated rings. The van der Waals surface area contributed by atoms with Gasteiger partial charge >= 0.3 is 0 Å². The maximum atomic E-state index is 11.2. The Bertz CT molecular complexity index is 592. The molecule has 0 atom stereocenters. The van der Waals surface area contributed by atoms with Crippen LogP contribution < -0.4 is 10.0 Å². The maximum absolute atomic E-state index is 11.2. The van der Waals surface area contributed by atoms with Crippen LogP contribution in [0.25, 0.3) is 0 Å². The fourth-order valence-electron chi connectivity index (χ4n) is 1.36. The minimum atomic E-state index is -3.20. The van der Waals surface area contributed by atoms with Gasteiger partial charge in [0.25, 0.3) is 0 Å². The molecule has 0 aromatic carbocycles. The van der Waals surface area contributed by atoms with Crippen molar-refractivity contribution < 1.29 is 8.42 Å². The molecule has 1 rings (SSSR count). The van der Waals surface area contributed by atoms with Gasteiger partial charge in [0.1, 0.15) is 11.6 Å². The lowest BCUT2D eigenvalue weighted by atomic mass is 10.1. The van der Waals surface area contributed by atoms with Crippen LogP contribution in [0.5, 0.6) is 0 Å². The van der Waals surface area contributed by atoms with E-state index in [1.165, 1.54) is 0 Å². The van der Waals surface area contributed by atoms with E-state index in [9.17, 15) is 8.42 Å². The molecule has 19 heavy (non-hydrogen) atoms. The van der Waals surface area contributed by atoms with Crippen molar-refractivity contribution in [3.8, 4) is 6.07 Å². The highest BCUT2D eigenvalue weighted by Gasteiger charge is 2.10. The van der Waals surface area contributed by atoms with Crippen LogP contribution in [0.3, 0.4) is 0 Å². The summed E-state index contributed by atoms with van der Waals surface area (Å²) in [6.45, 7) is 5.72. The van der Waals surface area contributed by atoms with Crippen molar-refractivity contribution in [1.82, 2.24) is 14.9 Å². The largest absolute Gasteiger partial charge is 0.366 e. The molecular formula is C11H17N5O2S. The Kier molecular flexibility index (Phi) is 5.20. The van der Waals surface area contributed by atoms with Crippen LogP contribution in [0.4, 0.5) is 5.82 Å². The van der Waals surface area contributed by atoms with Crippen LogP contribution in [0.2, 0.25) is 0 Å². The third-order valence-electron chi connectivity index (χ3n) is 2.69. The maximum Gasteiger partial charge on any atom is 0.211 e.